The van der Waals surface area contributed by atoms with Gasteiger partial charge in [-0.05, 0) is 61.9 Å². The fraction of sp³-hybridized carbons (Fsp3) is 0.417. The number of hydrogen-bond acceptors (Lipinski definition) is 5. The van der Waals surface area contributed by atoms with Gasteiger partial charge in [-0.2, -0.15) is 0 Å². The van der Waals surface area contributed by atoms with Crippen molar-refractivity contribution in [3.63, 3.8) is 0 Å². The number of Topliss-reactive ketones (excluding diaryl/α,β-unsaturated/α-hetero) is 1. The van der Waals surface area contributed by atoms with Gasteiger partial charge in [0.25, 0.3) is 11.7 Å². The van der Waals surface area contributed by atoms with E-state index < -0.39 is 17.7 Å². The smallest absolute Gasteiger partial charge is 0.295 e. The number of benzene rings is 1. The number of carbonyl (C=O) groups is 2. The minimum absolute atomic E-state index is 0.00574. The summed E-state index contributed by atoms with van der Waals surface area (Å²) < 4.78 is 5.55. The van der Waals surface area contributed by atoms with Crippen molar-refractivity contribution in [2.75, 3.05) is 6.61 Å². The zero-order valence-electron chi connectivity index (χ0n) is 17.7. The minimum Gasteiger partial charge on any atom is -0.507 e. The maximum Gasteiger partial charge on any atom is 0.295 e. The summed E-state index contributed by atoms with van der Waals surface area (Å²) in [6.45, 7) is 4.24. The van der Waals surface area contributed by atoms with Crippen molar-refractivity contribution in [1.82, 2.24) is 4.90 Å². The molecule has 1 aliphatic heterocycles. The van der Waals surface area contributed by atoms with Crippen molar-refractivity contribution in [2.45, 2.75) is 58.0 Å². The third kappa shape index (κ3) is 3.99. The molecule has 1 N–H and O–H groups in total. The van der Waals surface area contributed by atoms with E-state index in [1.807, 2.05) is 25.3 Å². The molecule has 4 rings (SSSR count). The van der Waals surface area contributed by atoms with Crippen LogP contribution < -0.4 is 4.74 Å². The van der Waals surface area contributed by atoms with Crippen LogP contribution in [0, 0.1) is 6.92 Å². The molecular formula is C24H26ClNO4S. The van der Waals surface area contributed by atoms with Crippen LogP contribution in [0.2, 0.25) is 5.02 Å². The quantitative estimate of drug-likeness (QED) is 0.345. The first-order valence-corrected chi connectivity index (χ1v) is 12.0. The lowest BCUT2D eigenvalue weighted by molar-refractivity contribution is -0.141. The second-order valence-electron chi connectivity index (χ2n) is 8.04. The predicted octanol–water partition coefficient (Wildman–Crippen LogP) is 5.86. The number of likely N-dealkylation sites (tertiary alicyclic amines) is 1. The van der Waals surface area contributed by atoms with E-state index in [1.54, 1.807) is 23.1 Å². The van der Waals surface area contributed by atoms with E-state index in [2.05, 4.69) is 0 Å². The highest BCUT2D eigenvalue weighted by molar-refractivity contribution is 7.10. The Morgan fingerprint density at radius 3 is 2.61 bits per heavy atom. The molecule has 2 aromatic rings. The molecule has 0 bridgehead atoms. The van der Waals surface area contributed by atoms with Crippen LogP contribution in [0.5, 0.6) is 5.75 Å². The molecule has 1 aliphatic carbocycles. The lowest BCUT2D eigenvalue weighted by Crippen LogP contribution is -2.40. The molecule has 31 heavy (non-hydrogen) atoms. The second-order valence-corrected chi connectivity index (χ2v) is 9.40. The molecule has 164 valence electrons. The second kappa shape index (κ2) is 9.05. The number of aliphatic hydroxyl groups is 1. The molecule has 1 saturated carbocycles. The van der Waals surface area contributed by atoms with E-state index in [0.717, 1.165) is 42.5 Å². The van der Waals surface area contributed by atoms with Crippen LogP contribution in [0.4, 0.5) is 0 Å². The Balaban J connectivity index is 1.86. The summed E-state index contributed by atoms with van der Waals surface area (Å²) in [5, 5.41) is 13.6. The fourth-order valence-electron chi connectivity index (χ4n) is 4.58. The van der Waals surface area contributed by atoms with Gasteiger partial charge in [-0.3, -0.25) is 9.59 Å². The number of halogens is 1. The van der Waals surface area contributed by atoms with E-state index >= 15 is 0 Å². The number of rotatable bonds is 5. The molecule has 1 aromatic carbocycles. The summed E-state index contributed by atoms with van der Waals surface area (Å²) in [7, 11) is 0. The summed E-state index contributed by atoms with van der Waals surface area (Å²) >= 11 is 7.71. The van der Waals surface area contributed by atoms with Crippen molar-refractivity contribution < 1.29 is 19.4 Å². The minimum atomic E-state index is -0.631. The summed E-state index contributed by atoms with van der Waals surface area (Å²) in [5.41, 5.74) is 1.56. The molecule has 1 amide bonds. The highest BCUT2D eigenvalue weighted by atomic mass is 35.5. The Morgan fingerprint density at radius 2 is 1.97 bits per heavy atom. The molecule has 0 spiro atoms. The first-order valence-electron chi connectivity index (χ1n) is 10.7. The van der Waals surface area contributed by atoms with Gasteiger partial charge in [0, 0.05) is 16.5 Å². The van der Waals surface area contributed by atoms with Gasteiger partial charge in [0.1, 0.15) is 17.6 Å². The average molecular weight is 460 g/mol. The van der Waals surface area contributed by atoms with Gasteiger partial charge in [-0.1, -0.05) is 30.9 Å². The van der Waals surface area contributed by atoms with Crippen LogP contribution in [0.3, 0.4) is 0 Å². The fourth-order valence-corrected chi connectivity index (χ4v) is 5.79. The Hall–Kier alpha value is -2.31. The summed E-state index contributed by atoms with van der Waals surface area (Å²) in [6, 6.07) is 6.31. The van der Waals surface area contributed by atoms with Crippen LogP contribution in [0.1, 0.15) is 61.1 Å². The highest BCUT2D eigenvalue weighted by Crippen LogP contribution is 2.45. The Morgan fingerprint density at radius 1 is 1.23 bits per heavy atom. The van der Waals surface area contributed by atoms with E-state index in [1.165, 1.54) is 11.3 Å². The van der Waals surface area contributed by atoms with Crippen LogP contribution in [-0.2, 0) is 9.59 Å². The van der Waals surface area contributed by atoms with E-state index in [0.29, 0.717) is 22.9 Å². The number of ketones is 1. The number of amides is 1. The van der Waals surface area contributed by atoms with E-state index in [9.17, 15) is 14.7 Å². The maximum atomic E-state index is 13.2. The van der Waals surface area contributed by atoms with Gasteiger partial charge >= 0.3 is 0 Å². The van der Waals surface area contributed by atoms with Crippen molar-refractivity contribution >= 4 is 40.4 Å². The lowest BCUT2D eigenvalue weighted by atomic mass is 9.92. The van der Waals surface area contributed by atoms with E-state index in [-0.39, 0.29) is 17.4 Å². The van der Waals surface area contributed by atoms with Crippen molar-refractivity contribution in [3.8, 4) is 5.75 Å². The van der Waals surface area contributed by atoms with Crippen LogP contribution in [-0.4, -0.2) is 34.3 Å². The van der Waals surface area contributed by atoms with Gasteiger partial charge in [0.15, 0.2) is 0 Å². The normalized spacial score (nSPS) is 21.6. The van der Waals surface area contributed by atoms with Crippen LogP contribution in [0.15, 0.2) is 35.2 Å². The summed E-state index contributed by atoms with van der Waals surface area (Å²) in [5.74, 6) is -0.912. The molecule has 7 heteroatoms. The first-order chi connectivity index (χ1) is 14.9. The Bertz CT molecular complexity index is 1040. The third-order valence-corrected chi connectivity index (χ3v) is 7.49. The average Bonchev–Trinajstić information content (AvgIpc) is 3.30. The standard InChI is InChI=1S/C24H26ClNO4S/c1-3-30-18-13-15(9-10-17(18)25)21(27)19-20(23-14(2)11-12-31-23)26(24(29)22(19)28)16-7-5-4-6-8-16/h9-13,16,20,27H,3-8H2,1-2H3/b21-19-. The first kappa shape index (κ1) is 21.9. The maximum absolute atomic E-state index is 13.2. The largest absolute Gasteiger partial charge is 0.507 e. The zero-order chi connectivity index (χ0) is 22.1. The third-order valence-electron chi connectivity index (χ3n) is 6.10. The van der Waals surface area contributed by atoms with Gasteiger partial charge < -0.3 is 14.7 Å². The molecule has 0 radical (unpaired) electrons. The number of nitrogens with zero attached hydrogens (tertiary/aromatic N) is 1. The van der Waals surface area contributed by atoms with Gasteiger partial charge in [-0.15, -0.1) is 11.3 Å². The van der Waals surface area contributed by atoms with Crippen LogP contribution in [0.25, 0.3) is 5.76 Å². The molecule has 1 aromatic heterocycles. The van der Waals surface area contributed by atoms with Gasteiger partial charge in [0.2, 0.25) is 0 Å². The summed E-state index contributed by atoms with van der Waals surface area (Å²) in [6.07, 6.45) is 4.98. The molecule has 2 fully saturated rings. The molecule has 2 aliphatic rings. The zero-order valence-corrected chi connectivity index (χ0v) is 19.3. The number of hydrogen-bond donors (Lipinski definition) is 1. The van der Waals surface area contributed by atoms with Crippen molar-refractivity contribution in [3.05, 3.63) is 56.2 Å². The molecule has 1 atom stereocenters. The Kier molecular flexibility index (Phi) is 6.39. The van der Waals surface area contributed by atoms with Gasteiger partial charge in [0.05, 0.1) is 17.2 Å². The lowest BCUT2D eigenvalue weighted by Gasteiger charge is -2.35. The molecular weight excluding hydrogens is 434 g/mol. The SMILES string of the molecule is CCOc1cc(/C(O)=C2/C(=O)C(=O)N(C3CCCCC3)C2c2sccc2C)ccc1Cl. The summed E-state index contributed by atoms with van der Waals surface area (Å²) in [4.78, 5) is 29.0. The number of carbonyl (C=O) groups excluding carboxylic acids is 2. The number of aryl methyl sites for hydroxylation is 1. The topological polar surface area (TPSA) is 66.8 Å². The number of ether oxygens (including phenoxy) is 1. The number of thiophene rings is 1. The monoisotopic (exact) mass is 459 g/mol. The molecule has 5 nitrogen and oxygen atoms in total. The molecule has 2 heterocycles. The van der Waals surface area contributed by atoms with Crippen molar-refractivity contribution in [1.29, 1.82) is 0 Å². The number of aliphatic hydroxyl groups excluding tert-OH is 1. The Labute approximate surface area is 191 Å². The van der Waals surface area contributed by atoms with Gasteiger partial charge in [-0.25, -0.2) is 0 Å². The predicted molar refractivity (Wildman–Crippen MR) is 123 cm³/mol. The molecule has 1 saturated heterocycles. The molecule has 1 unspecified atom stereocenters. The highest BCUT2D eigenvalue weighted by Gasteiger charge is 2.49. The van der Waals surface area contributed by atoms with Crippen LogP contribution >= 0.6 is 22.9 Å². The van der Waals surface area contributed by atoms with Crippen molar-refractivity contribution in [2.24, 2.45) is 0 Å². The van der Waals surface area contributed by atoms with E-state index in [4.69, 9.17) is 16.3 Å².